The van der Waals surface area contributed by atoms with E-state index in [1.54, 1.807) is 6.92 Å². The van der Waals surface area contributed by atoms with Crippen molar-refractivity contribution in [1.82, 2.24) is 4.90 Å². The van der Waals surface area contributed by atoms with E-state index in [0.717, 1.165) is 25.0 Å². The van der Waals surface area contributed by atoms with Crippen LogP contribution in [0.2, 0.25) is 0 Å². The molecule has 0 aromatic rings. The molecule has 1 fully saturated rings. The van der Waals surface area contributed by atoms with E-state index in [-0.39, 0.29) is 11.8 Å². The number of carboxylic acid groups (broad SMARTS) is 1. The Kier molecular flexibility index (Phi) is 4.49. The molecule has 0 aliphatic carbocycles. The molecule has 1 aliphatic heterocycles. The Morgan fingerprint density at radius 2 is 2.25 bits per heavy atom. The van der Waals surface area contributed by atoms with Gasteiger partial charge in [0.2, 0.25) is 5.91 Å². The predicted octanol–water partition coefficient (Wildman–Crippen LogP) is 0.215. The molecule has 90 valence electrons. The molecule has 16 heavy (non-hydrogen) atoms. The molecule has 3 N–H and O–H groups in total. The van der Waals surface area contributed by atoms with E-state index in [1.165, 1.54) is 6.08 Å². The molecule has 5 heteroatoms. The maximum absolute atomic E-state index is 11.1. The fourth-order valence-electron chi connectivity index (χ4n) is 2.04. The van der Waals surface area contributed by atoms with Crippen LogP contribution in [-0.2, 0) is 9.59 Å². The number of piperidine rings is 1. The molecule has 0 saturated carbocycles. The summed E-state index contributed by atoms with van der Waals surface area (Å²) in [6.07, 6.45) is 2.98. The number of nitrogens with two attached hydrogens (primary N) is 1. The zero-order valence-electron chi connectivity index (χ0n) is 9.48. The number of primary amides is 1. The summed E-state index contributed by atoms with van der Waals surface area (Å²) in [5.74, 6) is -1.28. The highest BCUT2D eigenvalue weighted by Crippen LogP contribution is 2.16. The first kappa shape index (κ1) is 12.7. The summed E-state index contributed by atoms with van der Waals surface area (Å²) in [5.41, 5.74) is 6.06. The van der Waals surface area contributed by atoms with Crippen molar-refractivity contribution in [3.8, 4) is 0 Å². The first-order valence-electron chi connectivity index (χ1n) is 5.41. The Bertz CT molecular complexity index is 312. The second-order valence-corrected chi connectivity index (χ2v) is 4.31. The Morgan fingerprint density at radius 1 is 1.56 bits per heavy atom. The third-order valence-corrected chi connectivity index (χ3v) is 2.75. The van der Waals surface area contributed by atoms with Gasteiger partial charge in [0.05, 0.1) is 5.92 Å². The summed E-state index contributed by atoms with van der Waals surface area (Å²) in [6, 6.07) is 0. The van der Waals surface area contributed by atoms with Crippen LogP contribution in [0.4, 0.5) is 0 Å². The van der Waals surface area contributed by atoms with Gasteiger partial charge >= 0.3 is 5.97 Å². The van der Waals surface area contributed by atoms with E-state index >= 15 is 0 Å². The smallest absolute Gasteiger partial charge is 0.328 e. The van der Waals surface area contributed by atoms with Gasteiger partial charge < -0.3 is 10.8 Å². The summed E-state index contributed by atoms with van der Waals surface area (Å²) in [5, 5.41) is 8.58. The summed E-state index contributed by atoms with van der Waals surface area (Å²) >= 11 is 0. The Balaban J connectivity index is 2.49. The zero-order chi connectivity index (χ0) is 12.1. The lowest BCUT2D eigenvalue weighted by molar-refractivity contribution is -0.131. The molecule has 1 saturated heterocycles. The molecule has 5 nitrogen and oxygen atoms in total. The van der Waals surface area contributed by atoms with Gasteiger partial charge in [-0.15, -0.1) is 0 Å². The Labute approximate surface area is 94.9 Å². The maximum atomic E-state index is 11.1. The minimum Gasteiger partial charge on any atom is -0.478 e. The van der Waals surface area contributed by atoms with Crippen molar-refractivity contribution in [2.45, 2.75) is 19.8 Å². The van der Waals surface area contributed by atoms with Gasteiger partial charge in [0.15, 0.2) is 0 Å². The number of likely N-dealkylation sites (tertiary alicyclic amines) is 1. The van der Waals surface area contributed by atoms with Crippen molar-refractivity contribution in [3.05, 3.63) is 11.6 Å². The number of rotatable bonds is 4. The summed E-state index contributed by atoms with van der Waals surface area (Å²) in [6.45, 7) is 3.91. The SMILES string of the molecule is CC(=CC(=O)O)CN1CCCC(C(N)=O)C1. The van der Waals surface area contributed by atoms with Gasteiger partial charge in [0.1, 0.15) is 0 Å². The normalized spacial score (nSPS) is 23.1. The van der Waals surface area contributed by atoms with Gasteiger partial charge in [0.25, 0.3) is 0 Å². The first-order chi connectivity index (χ1) is 7.49. The number of carboxylic acids is 1. The third-order valence-electron chi connectivity index (χ3n) is 2.75. The lowest BCUT2D eigenvalue weighted by atomic mass is 9.97. The molecule has 1 unspecified atom stereocenters. The fourth-order valence-corrected chi connectivity index (χ4v) is 2.04. The Morgan fingerprint density at radius 3 is 2.81 bits per heavy atom. The number of hydrogen-bond acceptors (Lipinski definition) is 3. The second-order valence-electron chi connectivity index (χ2n) is 4.31. The second kappa shape index (κ2) is 5.65. The topological polar surface area (TPSA) is 83.6 Å². The summed E-state index contributed by atoms with van der Waals surface area (Å²) in [7, 11) is 0. The van der Waals surface area contributed by atoms with Crippen LogP contribution in [0.5, 0.6) is 0 Å². The van der Waals surface area contributed by atoms with Gasteiger partial charge in [-0.25, -0.2) is 4.79 Å². The average molecular weight is 226 g/mol. The molecule has 1 amide bonds. The predicted molar refractivity (Wildman–Crippen MR) is 59.8 cm³/mol. The lowest BCUT2D eigenvalue weighted by Crippen LogP contribution is -2.41. The van der Waals surface area contributed by atoms with Crippen LogP contribution >= 0.6 is 0 Å². The quantitative estimate of drug-likeness (QED) is 0.671. The van der Waals surface area contributed by atoms with Crippen molar-refractivity contribution in [2.75, 3.05) is 19.6 Å². The van der Waals surface area contributed by atoms with Crippen LogP contribution in [-0.4, -0.2) is 41.5 Å². The summed E-state index contributed by atoms with van der Waals surface area (Å²) in [4.78, 5) is 23.6. The maximum Gasteiger partial charge on any atom is 0.328 e. The molecule has 1 heterocycles. The molecule has 1 atom stereocenters. The number of amides is 1. The van der Waals surface area contributed by atoms with Crippen molar-refractivity contribution in [2.24, 2.45) is 11.7 Å². The summed E-state index contributed by atoms with van der Waals surface area (Å²) < 4.78 is 0. The van der Waals surface area contributed by atoms with Crippen LogP contribution in [0, 0.1) is 5.92 Å². The Hall–Kier alpha value is -1.36. The third kappa shape index (κ3) is 4.02. The molecular formula is C11H18N2O3. The van der Waals surface area contributed by atoms with E-state index in [2.05, 4.69) is 4.90 Å². The fraction of sp³-hybridized carbons (Fsp3) is 0.636. The van der Waals surface area contributed by atoms with Crippen LogP contribution < -0.4 is 5.73 Å². The molecular weight excluding hydrogens is 208 g/mol. The van der Waals surface area contributed by atoms with Crippen molar-refractivity contribution >= 4 is 11.9 Å². The van der Waals surface area contributed by atoms with Gasteiger partial charge in [-0.2, -0.15) is 0 Å². The van der Waals surface area contributed by atoms with E-state index in [4.69, 9.17) is 10.8 Å². The highest BCUT2D eigenvalue weighted by atomic mass is 16.4. The standard InChI is InChI=1S/C11H18N2O3/c1-8(5-10(14)15)6-13-4-2-3-9(7-13)11(12)16/h5,9H,2-4,6-7H2,1H3,(H2,12,16)(H,14,15). The van der Waals surface area contributed by atoms with Crippen LogP contribution in [0.1, 0.15) is 19.8 Å². The number of nitrogens with zero attached hydrogens (tertiary/aromatic N) is 1. The van der Waals surface area contributed by atoms with Crippen LogP contribution in [0.15, 0.2) is 11.6 Å². The number of aliphatic carboxylic acids is 1. The molecule has 0 bridgehead atoms. The largest absolute Gasteiger partial charge is 0.478 e. The highest BCUT2D eigenvalue weighted by molar-refractivity contribution is 5.80. The van der Waals surface area contributed by atoms with E-state index in [1.807, 2.05) is 0 Å². The van der Waals surface area contributed by atoms with Crippen molar-refractivity contribution in [1.29, 1.82) is 0 Å². The number of carbonyl (C=O) groups is 2. The van der Waals surface area contributed by atoms with Gasteiger partial charge in [-0.05, 0) is 26.3 Å². The lowest BCUT2D eigenvalue weighted by Gasteiger charge is -2.31. The van der Waals surface area contributed by atoms with E-state index in [9.17, 15) is 9.59 Å². The molecule has 1 rings (SSSR count). The van der Waals surface area contributed by atoms with E-state index < -0.39 is 5.97 Å². The first-order valence-corrected chi connectivity index (χ1v) is 5.41. The molecule has 0 aromatic heterocycles. The zero-order valence-corrected chi connectivity index (χ0v) is 9.48. The highest BCUT2D eigenvalue weighted by Gasteiger charge is 2.23. The number of hydrogen-bond donors (Lipinski definition) is 2. The van der Waals surface area contributed by atoms with Gasteiger partial charge in [-0.3, -0.25) is 9.69 Å². The minimum absolute atomic E-state index is 0.0913. The van der Waals surface area contributed by atoms with Crippen molar-refractivity contribution < 1.29 is 14.7 Å². The van der Waals surface area contributed by atoms with Gasteiger partial charge in [0, 0.05) is 19.2 Å². The minimum atomic E-state index is -0.930. The van der Waals surface area contributed by atoms with Gasteiger partial charge in [-0.1, -0.05) is 5.57 Å². The molecule has 1 aliphatic rings. The van der Waals surface area contributed by atoms with Crippen LogP contribution in [0.25, 0.3) is 0 Å². The molecule has 0 radical (unpaired) electrons. The molecule has 0 aromatic carbocycles. The molecule has 0 spiro atoms. The van der Waals surface area contributed by atoms with Crippen LogP contribution in [0.3, 0.4) is 0 Å². The average Bonchev–Trinajstić information content (AvgIpc) is 2.16. The number of carbonyl (C=O) groups excluding carboxylic acids is 1. The monoisotopic (exact) mass is 226 g/mol. The van der Waals surface area contributed by atoms with E-state index in [0.29, 0.717) is 13.1 Å². The van der Waals surface area contributed by atoms with Crippen molar-refractivity contribution in [3.63, 3.8) is 0 Å².